The van der Waals surface area contributed by atoms with Crippen molar-refractivity contribution in [1.29, 1.82) is 0 Å². The van der Waals surface area contributed by atoms with E-state index in [0.29, 0.717) is 48.7 Å². The first kappa shape index (κ1) is 60.8. The van der Waals surface area contributed by atoms with Crippen LogP contribution in [0, 0.1) is 0 Å². The van der Waals surface area contributed by atoms with Crippen molar-refractivity contribution in [3.63, 3.8) is 0 Å². The van der Waals surface area contributed by atoms with Crippen molar-refractivity contribution in [3.8, 4) is 51.7 Å². The van der Waals surface area contributed by atoms with E-state index in [1.165, 1.54) is 39.5 Å². The molecular weight excluding hydrogens is 1040 g/mol. The number of carbonyl (C=O) groups excluding carboxylic acids is 3. The van der Waals surface area contributed by atoms with Crippen molar-refractivity contribution in [3.05, 3.63) is 114 Å². The molecule has 0 spiro atoms. The molecule has 1 amide bonds. The first-order valence-electron chi connectivity index (χ1n) is 26.0. The summed E-state index contributed by atoms with van der Waals surface area (Å²) in [4.78, 5) is 33.9. The summed E-state index contributed by atoms with van der Waals surface area (Å²) < 4.78 is 78.4. The summed E-state index contributed by atoms with van der Waals surface area (Å²) >= 11 is 0. The Morgan fingerprint density at radius 1 is 0.588 bits per heavy atom. The van der Waals surface area contributed by atoms with Gasteiger partial charge in [0.2, 0.25) is 5.91 Å². The van der Waals surface area contributed by atoms with Crippen LogP contribution >= 0.6 is 0 Å². The van der Waals surface area contributed by atoms with Crippen molar-refractivity contribution in [2.24, 2.45) is 0 Å². The Kier molecular flexibility index (Phi) is 22.4. The van der Waals surface area contributed by atoms with E-state index in [1.54, 1.807) is 66.7 Å². The number of halogens is 2. The van der Waals surface area contributed by atoms with E-state index in [1.807, 2.05) is 83.7 Å². The predicted octanol–water partition coefficient (Wildman–Crippen LogP) is 10.4. The molecule has 2 aliphatic heterocycles. The standard InChI is InChI=1S/C27H31N3O5.C13H18O3.C12H15N3O2.C6H8O4.F2/c1-32-20-10-8-18(24(13-20)34-3)16-30-27-22(15-28-30)21(14-26(31)29-27)17-9-11-23(33-2)25(12-17)35-19-6-4-5-7-19;1-14-11-7-8-12(15-2)13(9-11)16-10-5-3-4-6-10;1-16-10-4-3-9(11(7-10)17-2)8-15-12(13)5-6-14-15;1-6(2)9-4(7)3-5(8)10-6;1-2/h8-13,15,19,21H,4-7,14,16H2,1-3H3,(H,29,31);7-10H,3-6H2,1-2H3;3-7H,8,13H2,1-2H3;3H2,1-2H3;. The Bertz CT molecular complexity index is 2960. The maximum absolute atomic E-state index is 12.8. The number of rotatable bonds is 16. The van der Waals surface area contributed by atoms with Crippen LogP contribution in [0.25, 0.3) is 0 Å². The van der Waals surface area contributed by atoms with Gasteiger partial charge in [-0.05, 0) is 112 Å². The van der Waals surface area contributed by atoms with Gasteiger partial charge in [-0.3, -0.25) is 14.4 Å². The number of cyclic esters (lactones) is 2. The molecule has 2 aromatic heterocycles. The highest BCUT2D eigenvalue weighted by Gasteiger charge is 2.34. The number of esters is 2. The number of hydrogen-bond donors (Lipinski definition) is 2. The highest BCUT2D eigenvalue weighted by molar-refractivity contribution is 5.94. The lowest BCUT2D eigenvalue weighted by molar-refractivity contribution is -0.231. The Labute approximate surface area is 464 Å². The Balaban J connectivity index is 0.000000191. The molecule has 6 aromatic rings. The summed E-state index contributed by atoms with van der Waals surface area (Å²) in [7, 11) is 11.5. The second-order valence-electron chi connectivity index (χ2n) is 19.2. The lowest BCUT2D eigenvalue weighted by Gasteiger charge is -2.28. The van der Waals surface area contributed by atoms with E-state index in [2.05, 4.69) is 25.0 Å². The highest BCUT2D eigenvalue weighted by atomic mass is 20.0. The summed E-state index contributed by atoms with van der Waals surface area (Å²) in [5.74, 6) is 5.79. The fraction of sp³-hybridized carbons (Fsp3) is 0.431. The molecule has 4 aliphatic rings. The minimum Gasteiger partial charge on any atom is -0.497 e. The molecule has 1 atom stereocenters. The number of fused-ring (bicyclic) bond motifs is 1. The summed E-state index contributed by atoms with van der Waals surface area (Å²) in [5.41, 5.74) is 9.70. The number of hydrogen-bond acceptors (Lipinski definition) is 17. The molecule has 3 N–H and O–H groups in total. The van der Waals surface area contributed by atoms with E-state index in [9.17, 15) is 14.4 Å². The molecule has 22 heteroatoms. The van der Waals surface area contributed by atoms with Crippen molar-refractivity contribution in [1.82, 2.24) is 19.6 Å². The molecule has 2 saturated carbocycles. The second kappa shape index (κ2) is 29.5. The van der Waals surface area contributed by atoms with E-state index in [0.717, 1.165) is 88.2 Å². The maximum atomic E-state index is 12.8. The number of ether oxygens (including phenoxy) is 11. The van der Waals surface area contributed by atoms with E-state index >= 15 is 0 Å². The third kappa shape index (κ3) is 16.6. The fourth-order valence-corrected chi connectivity index (χ4v) is 9.46. The molecule has 80 heavy (non-hydrogen) atoms. The van der Waals surface area contributed by atoms with Crippen LogP contribution in [0.15, 0.2) is 91.3 Å². The number of nitrogen functional groups attached to an aromatic ring is 1. The number of nitrogens with zero attached hydrogens (tertiary/aromatic N) is 4. The van der Waals surface area contributed by atoms with Crippen molar-refractivity contribution in [2.45, 2.75) is 115 Å². The van der Waals surface area contributed by atoms with Crippen molar-refractivity contribution < 1.29 is 75.6 Å². The first-order chi connectivity index (χ1) is 38.7. The van der Waals surface area contributed by atoms with Gasteiger partial charge >= 0.3 is 11.9 Å². The minimum atomic E-state index is -1.08. The Morgan fingerprint density at radius 2 is 1.05 bits per heavy atom. The maximum Gasteiger partial charge on any atom is 0.320 e. The number of amides is 1. The van der Waals surface area contributed by atoms with Crippen LogP contribution in [0.5, 0.6) is 51.7 Å². The molecule has 4 aromatic carbocycles. The Morgan fingerprint density at radius 3 is 1.51 bits per heavy atom. The largest absolute Gasteiger partial charge is 0.497 e. The van der Waals surface area contributed by atoms with Gasteiger partial charge < -0.3 is 63.2 Å². The lowest BCUT2D eigenvalue weighted by Crippen LogP contribution is -2.39. The highest BCUT2D eigenvalue weighted by Crippen LogP contribution is 2.42. The van der Waals surface area contributed by atoms with Crippen LogP contribution in [0.4, 0.5) is 20.8 Å². The molecule has 10 rings (SSSR count). The average Bonchev–Trinajstić information content (AvgIpc) is 4.33. The number of carbonyl (C=O) groups is 3. The molecule has 1 unspecified atom stereocenters. The van der Waals surface area contributed by atoms with Gasteiger partial charge in [0.05, 0.1) is 87.5 Å². The summed E-state index contributed by atoms with van der Waals surface area (Å²) in [6.07, 6.45) is 13.4. The zero-order valence-corrected chi connectivity index (χ0v) is 46.7. The number of anilines is 2. The zero-order valence-electron chi connectivity index (χ0n) is 46.7. The number of aromatic nitrogens is 4. The lowest BCUT2D eigenvalue weighted by atomic mass is 9.87. The van der Waals surface area contributed by atoms with Crippen molar-refractivity contribution in [2.75, 3.05) is 60.8 Å². The molecule has 1 saturated heterocycles. The molecule has 0 radical (unpaired) electrons. The second-order valence-corrected chi connectivity index (χ2v) is 19.2. The van der Waals surface area contributed by atoms with Gasteiger partial charge in [-0.2, -0.15) is 10.2 Å². The normalized spacial score (nSPS) is 16.1. The number of nitrogens with two attached hydrogens (primary N) is 1. The SMILES string of the molecule is CC1(C)OC(=O)CC(=O)O1.COc1ccc(Cn2ncc3c2NC(=O)CC3c2ccc(OC)c(OC3CCCC3)c2)c(OC)c1.COc1ccc(Cn2nccc2N)c(OC)c1.COc1ccc(OC)c(OC2CCCC2)c1.FF. The van der Waals surface area contributed by atoms with Crippen LogP contribution in [0.2, 0.25) is 0 Å². The summed E-state index contributed by atoms with van der Waals surface area (Å²) in [6, 6.07) is 24.7. The number of methoxy groups -OCH3 is 7. The van der Waals surface area contributed by atoms with E-state index in [-0.39, 0.29) is 24.3 Å². The topological polar surface area (TPSA) is 226 Å². The molecule has 20 nitrogen and oxygen atoms in total. The fourth-order valence-electron chi connectivity index (χ4n) is 9.46. The monoisotopic (exact) mass is 1110 g/mol. The zero-order chi connectivity index (χ0) is 57.8. The van der Waals surface area contributed by atoms with Gasteiger partial charge in [0.25, 0.3) is 5.79 Å². The van der Waals surface area contributed by atoms with Gasteiger partial charge in [-0.1, -0.05) is 6.07 Å². The molecule has 2 aliphatic carbocycles. The minimum absolute atomic E-state index is 0.0416. The van der Waals surface area contributed by atoms with E-state index < -0.39 is 17.7 Å². The number of benzene rings is 4. The molecule has 0 bridgehead atoms. The predicted molar refractivity (Wildman–Crippen MR) is 293 cm³/mol. The van der Waals surface area contributed by atoms with Gasteiger partial charge in [0.1, 0.15) is 46.8 Å². The summed E-state index contributed by atoms with van der Waals surface area (Å²) in [5, 5.41) is 11.8. The van der Waals surface area contributed by atoms with Gasteiger partial charge in [-0.25, -0.2) is 9.36 Å². The van der Waals surface area contributed by atoms with Crippen LogP contribution in [0.3, 0.4) is 0 Å². The third-order valence-corrected chi connectivity index (χ3v) is 13.4. The van der Waals surface area contributed by atoms with Crippen LogP contribution in [0.1, 0.15) is 106 Å². The molecule has 4 heterocycles. The van der Waals surface area contributed by atoms with Gasteiger partial charge in [0, 0.05) is 70.2 Å². The molecule has 3 fully saturated rings. The smallest absolute Gasteiger partial charge is 0.320 e. The van der Waals surface area contributed by atoms with Gasteiger partial charge in [0.15, 0.2) is 23.0 Å². The molecule has 432 valence electrons. The van der Waals surface area contributed by atoms with E-state index in [4.69, 9.17) is 57.5 Å². The third-order valence-electron chi connectivity index (χ3n) is 13.4. The summed E-state index contributed by atoms with van der Waals surface area (Å²) in [6.45, 7) is 4.06. The number of nitrogens with one attached hydrogen (secondary N) is 1. The van der Waals surface area contributed by atoms with Crippen molar-refractivity contribution >= 4 is 29.5 Å². The van der Waals surface area contributed by atoms with Crippen LogP contribution in [-0.2, 0) is 36.9 Å². The molecular formula is C58H72F2N6O14. The van der Waals surface area contributed by atoms with Gasteiger partial charge in [-0.15, -0.1) is 0 Å². The quantitative estimate of drug-likeness (QED) is 0.0678. The van der Waals surface area contributed by atoms with Crippen LogP contribution in [-0.4, -0.2) is 105 Å². The first-order valence-corrected chi connectivity index (χ1v) is 26.0. The Hall–Kier alpha value is -8.43. The average molecular weight is 1120 g/mol. The van der Waals surface area contributed by atoms with Crippen LogP contribution < -0.4 is 53.7 Å².